The summed E-state index contributed by atoms with van der Waals surface area (Å²) < 4.78 is 0. The van der Waals surface area contributed by atoms with Gasteiger partial charge in [0.2, 0.25) is 0 Å². The summed E-state index contributed by atoms with van der Waals surface area (Å²) in [5.41, 5.74) is 9.68. The summed E-state index contributed by atoms with van der Waals surface area (Å²) >= 11 is 0. The fourth-order valence-electron chi connectivity index (χ4n) is 2.21. The second-order valence-corrected chi connectivity index (χ2v) is 4.46. The van der Waals surface area contributed by atoms with Crippen LogP contribution in [0.5, 0.6) is 0 Å². The van der Waals surface area contributed by atoms with E-state index >= 15 is 0 Å². The first-order valence-electron chi connectivity index (χ1n) is 5.19. The Morgan fingerprint density at radius 2 is 2.21 bits per heavy atom. The zero-order valence-electron chi connectivity index (χ0n) is 9.12. The van der Waals surface area contributed by atoms with E-state index in [1.165, 1.54) is 11.1 Å². The highest BCUT2D eigenvalue weighted by Gasteiger charge is 2.28. The molecule has 0 saturated carbocycles. The molecule has 76 valence electrons. The molecule has 0 saturated heterocycles. The molecule has 0 bridgehead atoms. The van der Waals surface area contributed by atoms with Crippen LogP contribution >= 0.6 is 0 Å². The van der Waals surface area contributed by atoms with Crippen LogP contribution in [0.15, 0.2) is 35.1 Å². The maximum atomic E-state index is 5.91. The number of nitrogens with zero attached hydrogens (tertiary/aromatic N) is 1. The number of hydrogen-bond donors (Lipinski definition) is 1. The van der Waals surface area contributed by atoms with Gasteiger partial charge in [0.15, 0.2) is 0 Å². The Bertz CT molecular complexity index is 334. The first-order chi connectivity index (χ1) is 6.59. The Morgan fingerprint density at radius 3 is 2.86 bits per heavy atom. The Labute approximate surface area is 85.8 Å². The average molecular weight is 190 g/mol. The summed E-state index contributed by atoms with van der Waals surface area (Å²) in [6, 6.07) is 0.414. The largest absolute Gasteiger partial charge is 0.399 e. The predicted octanol–water partition coefficient (Wildman–Crippen LogP) is 1.67. The summed E-state index contributed by atoms with van der Waals surface area (Å²) in [5.74, 6) is 0.558. The van der Waals surface area contributed by atoms with Gasteiger partial charge in [-0.25, -0.2) is 0 Å². The van der Waals surface area contributed by atoms with Crippen molar-refractivity contribution in [1.29, 1.82) is 0 Å². The first kappa shape index (κ1) is 9.53. The number of rotatable bonds is 1. The van der Waals surface area contributed by atoms with Crippen LogP contribution in [0.4, 0.5) is 0 Å². The van der Waals surface area contributed by atoms with Crippen molar-refractivity contribution in [2.24, 2.45) is 11.7 Å². The fraction of sp³-hybridized carbons (Fsp3) is 0.500. The van der Waals surface area contributed by atoms with Crippen LogP contribution in [0, 0.1) is 5.92 Å². The number of fused-ring (bicyclic) bond motifs is 1. The van der Waals surface area contributed by atoms with Gasteiger partial charge >= 0.3 is 0 Å². The van der Waals surface area contributed by atoms with Gasteiger partial charge < -0.3 is 5.73 Å². The highest BCUT2D eigenvalue weighted by Crippen LogP contribution is 2.33. The van der Waals surface area contributed by atoms with E-state index in [-0.39, 0.29) is 0 Å². The van der Waals surface area contributed by atoms with Gasteiger partial charge in [-0.2, -0.15) is 0 Å². The second kappa shape index (κ2) is 3.28. The van der Waals surface area contributed by atoms with Crippen LogP contribution < -0.4 is 5.73 Å². The van der Waals surface area contributed by atoms with E-state index in [2.05, 4.69) is 44.0 Å². The summed E-state index contributed by atoms with van der Waals surface area (Å²) in [6.07, 6.45) is 6.58. The van der Waals surface area contributed by atoms with Crippen molar-refractivity contribution < 1.29 is 0 Å². The molecule has 14 heavy (non-hydrogen) atoms. The highest BCUT2D eigenvalue weighted by molar-refractivity contribution is 5.50. The normalized spacial score (nSPS) is 27.1. The molecule has 2 N–H and O–H groups in total. The standard InChI is InChI=1S/C12H18N2/c1-8(2)11-6-9(13)7-12-10(11)4-5-14(12)3/h4,6-8,12H,5,13H2,1-3H3. The van der Waals surface area contributed by atoms with Gasteiger partial charge in [-0.3, -0.25) is 4.90 Å². The van der Waals surface area contributed by atoms with E-state index in [4.69, 9.17) is 5.73 Å². The highest BCUT2D eigenvalue weighted by atomic mass is 15.1. The molecule has 2 rings (SSSR count). The molecule has 0 fully saturated rings. The minimum absolute atomic E-state index is 0.414. The lowest BCUT2D eigenvalue weighted by molar-refractivity contribution is 0.366. The third kappa shape index (κ3) is 1.40. The van der Waals surface area contributed by atoms with Crippen molar-refractivity contribution in [2.75, 3.05) is 13.6 Å². The SMILES string of the molecule is CC(C)C1=CC(N)=CC2C1=CCN2C. The van der Waals surface area contributed by atoms with Crippen LogP contribution in [0.2, 0.25) is 0 Å². The Hall–Kier alpha value is -1.02. The third-order valence-electron chi connectivity index (χ3n) is 3.02. The van der Waals surface area contributed by atoms with E-state index < -0.39 is 0 Å². The maximum absolute atomic E-state index is 5.91. The van der Waals surface area contributed by atoms with E-state index in [1.54, 1.807) is 0 Å². The lowest BCUT2D eigenvalue weighted by Gasteiger charge is -2.27. The van der Waals surface area contributed by atoms with Gasteiger partial charge in [0.1, 0.15) is 0 Å². The van der Waals surface area contributed by atoms with Crippen LogP contribution in [0.3, 0.4) is 0 Å². The zero-order valence-corrected chi connectivity index (χ0v) is 9.12. The Morgan fingerprint density at radius 1 is 1.50 bits per heavy atom. The minimum atomic E-state index is 0.414. The molecular formula is C12H18N2. The Balaban J connectivity index is 2.38. The number of allylic oxidation sites excluding steroid dienone is 1. The third-order valence-corrected chi connectivity index (χ3v) is 3.02. The lowest BCUT2D eigenvalue weighted by Crippen LogP contribution is -2.30. The summed E-state index contributed by atoms with van der Waals surface area (Å²) in [6.45, 7) is 5.48. The number of likely N-dealkylation sites (N-methyl/N-ethyl adjacent to an activating group) is 1. The molecule has 0 aromatic carbocycles. The molecule has 1 aliphatic carbocycles. The van der Waals surface area contributed by atoms with Crippen molar-refractivity contribution in [3.63, 3.8) is 0 Å². The first-order valence-corrected chi connectivity index (χ1v) is 5.19. The number of nitrogens with two attached hydrogens (primary N) is 1. The lowest BCUT2D eigenvalue weighted by atomic mass is 9.87. The van der Waals surface area contributed by atoms with Crippen LogP contribution in [0.25, 0.3) is 0 Å². The molecule has 1 atom stereocenters. The fourth-order valence-corrected chi connectivity index (χ4v) is 2.21. The molecule has 0 radical (unpaired) electrons. The summed E-state index contributed by atoms with van der Waals surface area (Å²) in [5, 5.41) is 0. The van der Waals surface area contributed by atoms with Gasteiger partial charge in [0, 0.05) is 12.2 Å². The quantitative estimate of drug-likeness (QED) is 0.681. The number of hydrogen-bond acceptors (Lipinski definition) is 2. The molecule has 2 nitrogen and oxygen atoms in total. The summed E-state index contributed by atoms with van der Waals surface area (Å²) in [7, 11) is 2.14. The van der Waals surface area contributed by atoms with Crippen molar-refractivity contribution in [2.45, 2.75) is 19.9 Å². The molecule has 1 heterocycles. The molecule has 0 aromatic rings. The maximum Gasteiger partial charge on any atom is 0.0554 e. The van der Waals surface area contributed by atoms with Crippen molar-refractivity contribution >= 4 is 0 Å². The van der Waals surface area contributed by atoms with E-state index in [0.717, 1.165) is 12.2 Å². The topological polar surface area (TPSA) is 29.3 Å². The summed E-state index contributed by atoms with van der Waals surface area (Å²) in [4.78, 5) is 2.32. The van der Waals surface area contributed by atoms with E-state index in [9.17, 15) is 0 Å². The molecule has 0 aromatic heterocycles. The van der Waals surface area contributed by atoms with E-state index in [0.29, 0.717) is 12.0 Å². The predicted molar refractivity (Wildman–Crippen MR) is 59.7 cm³/mol. The van der Waals surface area contributed by atoms with E-state index in [1.807, 2.05) is 0 Å². The minimum Gasteiger partial charge on any atom is -0.399 e. The average Bonchev–Trinajstić information content (AvgIpc) is 2.47. The monoisotopic (exact) mass is 190 g/mol. The van der Waals surface area contributed by atoms with Gasteiger partial charge in [0.25, 0.3) is 0 Å². The van der Waals surface area contributed by atoms with Crippen molar-refractivity contribution in [3.05, 3.63) is 35.1 Å². The van der Waals surface area contributed by atoms with Crippen molar-refractivity contribution in [1.82, 2.24) is 4.90 Å². The Kier molecular flexibility index (Phi) is 2.23. The molecule has 0 spiro atoms. The van der Waals surface area contributed by atoms with Gasteiger partial charge in [-0.15, -0.1) is 0 Å². The van der Waals surface area contributed by atoms with Crippen molar-refractivity contribution in [3.8, 4) is 0 Å². The molecule has 2 aliphatic rings. The molecule has 2 heteroatoms. The van der Waals surface area contributed by atoms with Crippen LogP contribution in [-0.2, 0) is 0 Å². The zero-order chi connectivity index (χ0) is 10.3. The smallest absolute Gasteiger partial charge is 0.0554 e. The molecule has 0 amide bonds. The van der Waals surface area contributed by atoms with Gasteiger partial charge in [0.05, 0.1) is 6.04 Å². The van der Waals surface area contributed by atoms with Gasteiger partial charge in [-0.05, 0) is 36.3 Å². The van der Waals surface area contributed by atoms with Crippen LogP contribution in [-0.4, -0.2) is 24.5 Å². The molecule has 1 aliphatic heterocycles. The second-order valence-electron chi connectivity index (χ2n) is 4.46. The van der Waals surface area contributed by atoms with Crippen LogP contribution in [0.1, 0.15) is 13.8 Å². The molecular weight excluding hydrogens is 172 g/mol. The molecule has 1 unspecified atom stereocenters. The van der Waals surface area contributed by atoms with Gasteiger partial charge in [-0.1, -0.05) is 19.9 Å².